The molecule has 8 aromatic rings. The number of fused-ring (bicyclic) bond motifs is 5. The summed E-state index contributed by atoms with van der Waals surface area (Å²) in [5, 5.41) is 34.9. The SMILES string of the molecule is COc1ccc(C[C@@H]2NC(=O)[C@H](Cc3cnc[nH]3)NC(=O)[C@H](CC(=O)O)NC(=O)[C@H](Cc3c[nH]c4ccc(F)cc34)NC(=O)[C@H](Cc3c[nH]c4ccc(F)cc34)NC(=O)[C@@H](C)NC(=O)[C@H](CCCCN)NC(=O)CCSCc3ccc4ccc(cc4c3)CSCCNC(=O)[C@]3(C)CCCN3C2=O)cc1. The van der Waals surface area contributed by atoms with Crippen LogP contribution in [0.25, 0.3) is 32.6 Å². The number of H-pyrrole nitrogens is 3. The Morgan fingerprint density at radius 2 is 1.20 bits per heavy atom. The summed E-state index contributed by atoms with van der Waals surface area (Å²) in [6, 6.07) is 16.0. The highest BCUT2D eigenvalue weighted by atomic mass is 32.2. The first-order chi connectivity index (χ1) is 50.0. The summed E-state index contributed by atoms with van der Waals surface area (Å²) in [5.41, 5.74) is 8.93. The van der Waals surface area contributed by atoms with Crippen LogP contribution in [-0.2, 0) is 85.1 Å². The van der Waals surface area contributed by atoms with E-state index in [4.69, 9.17) is 10.5 Å². The number of aromatic nitrogens is 4. The number of carboxylic acids is 1. The first kappa shape index (κ1) is 76.3. The molecule has 3 bridgehead atoms. The number of aromatic amines is 3. The van der Waals surface area contributed by atoms with Gasteiger partial charge in [0, 0.05) is 114 Å². The van der Waals surface area contributed by atoms with Gasteiger partial charge < -0.3 is 78.0 Å². The monoisotopic (exact) mass is 1460 g/mol. The van der Waals surface area contributed by atoms with Gasteiger partial charge in [-0.2, -0.15) is 23.5 Å². The largest absolute Gasteiger partial charge is 0.497 e. The van der Waals surface area contributed by atoms with Gasteiger partial charge in [-0.05, 0) is 140 Å². The molecule has 104 heavy (non-hydrogen) atoms. The summed E-state index contributed by atoms with van der Waals surface area (Å²) >= 11 is 3.16. The number of imidazole rings is 1. The first-order valence-corrected chi connectivity index (χ1v) is 36.8. The summed E-state index contributed by atoms with van der Waals surface area (Å²) in [7, 11) is 1.49. The number of unbranched alkanes of at least 4 members (excludes halogenated alkanes) is 1. The maximum atomic E-state index is 15.2. The quantitative estimate of drug-likeness (QED) is 0.0589. The van der Waals surface area contributed by atoms with E-state index in [1.54, 1.807) is 43.0 Å². The minimum Gasteiger partial charge on any atom is -0.497 e. The zero-order chi connectivity index (χ0) is 74.0. The first-order valence-electron chi connectivity index (χ1n) is 34.5. The van der Waals surface area contributed by atoms with Crippen LogP contribution in [0.1, 0.15) is 92.3 Å². The van der Waals surface area contributed by atoms with E-state index in [9.17, 15) is 38.3 Å². The van der Waals surface area contributed by atoms with Crippen molar-refractivity contribution in [2.24, 2.45) is 5.73 Å². The third-order valence-electron chi connectivity index (χ3n) is 18.7. The Hall–Kier alpha value is -10.3. The van der Waals surface area contributed by atoms with Crippen LogP contribution in [0.4, 0.5) is 8.78 Å². The van der Waals surface area contributed by atoms with Gasteiger partial charge in [-0.15, -0.1) is 0 Å². The van der Waals surface area contributed by atoms with Crippen molar-refractivity contribution in [3.05, 3.63) is 167 Å². The number of carbonyl (C=O) groups excluding carboxylic acids is 9. The lowest BCUT2D eigenvalue weighted by atomic mass is 9.95. The van der Waals surface area contributed by atoms with Gasteiger partial charge >= 0.3 is 5.97 Å². The number of hydrogen-bond donors (Lipinski definition) is 13. The molecular weight excluding hydrogens is 1380 g/mol. The Balaban J connectivity index is 0.979. The normalized spacial score (nSPS) is 22.5. The predicted molar refractivity (Wildman–Crippen MR) is 391 cm³/mol. The molecular formula is C74H86F2N14O12S2. The highest BCUT2D eigenvalue weighted by molar-refractivity contribution is 7.98. The van der Waals surface area contributed by atoms with Crippen LogP contribution >= 0.6 is 23.5 Å². The fourth-order valence-electron chi connectivity index (χ4n) is 12.9. The second kappa shape index (κ2) is 35.7. The number of halogens is 2. The molecule has 0 spiro atoms. The third-order valence-corrected chi connectivity index (χ3v) is 20.7. The lowest BCUT2D eigenvalue weighted by Gasteiger charge is -2.36. The van der Waals surface area contributed by atoms with Crippen molar-refractivity contribution in [2.75, 3.05) is 38.2 Å². The number of methoxy groups -OCH3 is 1. The highest BCUT2D eigenvalue weighted by Gasteiger charge is 2.48. The lowest BCUT2D eigenvalue weighted by Crippen LogP contribution is -2.62. The van der Waals surface area contributed by atoms with Crippen molar-refractivity contribution >= 4 is 115 Å². The van der Waals surface area contributed by atoms with Crippen LogP contribution in [0.2, 0.25) is 0 Å². The average molecular weight is 1470 g/mol. The van der Waals surface area contributed by atoms with Crippen molar-refractivity contribution in [3.63, 3.8) is 0 Å². The number of carboxylic acid groups (broad SMARTS) is 1. The number of aliphatic carboxylic acids is 1. The maximum Gasteiger partial charge on any atom is 0.305 e. The Bertz CT molecular complexity index is 4420. The van der Waals surface area contributed by atoms with Gasteiger partial charge in [0.2, 0.25) is 53.2 Å². The van der Waals surface area contributed by atoms with Crippen LogP contribution in [0, 0.1) is 11.6 Å². The number of amides is 9. The maximum absolute atomic E-state index is 15.2. The van der Waals surface area contributed by atoms with E-state index in [0.717, 1.165) is 21.9 Å². The summed E-state index contributed by atoms with van der Waals surface area (Å²) in [6.07, 6.45) is 5.26. The van der Waals surface area contributed by atoms with Crippen LogP contribution in [0.5, 0.6) is 5.75 Å². The van der Waals surface area contributed by atoms with Crippen LogP contribution in [0.3, 0.4) is 0 Å². The van der Waals surface area contributed by atoms with Gasteiger partial charge in [-0.3, -0.25) is 47.9 Å². The Morgan fingerprint density at radius 1 is 0.635 bits per heavy atom. The molecule has 3 aromatic heterocycles. The van der Waals surface area contributed by atoms with E-state index < -0.39 is 131 Å². The highest BCUT2D eigenvalue weighted by Crippen LogP contribution is 2.32. The molecule has 0 unspecified atom stereocenters. The van der Waals surface area contributed by atoms with E-state index in [0.29, 0.717) is 94.2 Å². The molecule has 14 N–H and O–H groups in total. The fourth-order valence-corrected chi connectivity index (χ4v) is 14.6. The molecule has 5 aromatic carbocycles. The molecule has 1 fully saturated rings. The number of carbonyl (C=O) groups is 10. The Kier molecular flexibility index (Phi) is 26.2. The van der Waals surface area contributed by atoms with Crippen LogP contribution in [-0.4, -0.2) is 175 Å². The summed E-state index contributed by atoms with van der Waals surface area (Å²) in [5.74, 6) is -7.54. The number of thioether (sulfide) groups is 2. The van der Waals surface area contributed by atoms with Gasteiger partial charge in [0.1, 0.15) is 65.2 Å². The number of hydrogen-bond acceptors (Lipinski definition) is 15. The molecule has 26 nitrogen and oxygen atoms in total. The standard InChI is InChI=1S/C74H86F2N14O12S2/c1-42-66(94)85-59(30-48-36-80-56-18-14-50(75)32-54(48)56)68(96)86-60(31-49-37-81-57-19-15-51(76)33-55(49)57)69(97)88-62(35-65(92)93)71(99)87-61(34-52-38-78-41-82-52)70(98)89-63(29-43-10-16-53(102-3)17-11-43)72(100)90-24-6-21-74(90,2)73(101)79-23-26-104-40-45-9-13-46-12-8-44(27-47(46)28-45)39-103-25-20-64(91)84-58(67(95)83-42)7-4-5-22-77/h8-19,27-28,32-33,36-38,41-42,58-63,80-81H,4-7,20-26,29-31,34-35,39-40,77H2,1-3H3,(H,78,82)(H,79,101)(H,83,95)(H,84,91)(H,85,94)(H,86,96)(H,87,99)(H,88,97)(H,89,98)(H,92,93)/t42-,58+,59+,60+,61+,62+,63+,74+/m1/s1. The van der Waals surface area contributed by atoms with Crippen molar-refractivity contribution in [1.29, 1.82) is 0 Å². The van der Waals surface area contributed by atoms with Crippen molar-refractivity contribution in [1.82, 2.24) is 67.4 Å². The van der Waals surface area contributed by atoms with Crippen molar-refractivity contribution in [3.8, 4) is 5.75 Å². The zero-order valence-electron chi connectivity index (χ0n) is 57.8. The molecule has 2 aliphatic rings. The van der Waals surface area contributed by atoms with E-state index in [-0.39, 0.29) is 56.1 Å². The van der Waals surface area contributed by atoms with Gasteiger partial charge in [0.05, 0.1) is 19.9 Å². The molecule has 30 heteroatoms. The number of rotatable bonds is 15. The summed E-state index contributed by atoms with van der Waals surface area (Å²) in [6.45, 7) is 3.78. The van der Waals surface area contributed by atoms with Gasteiger partial charge in [-0.1, -0.05) is 48.5 Å². The molecule has 8 atom stereocenters. The molecule has 550 valence electrons. The van der Waals surface area contributed by atoms with Gasteiger partial charge in [-0.25, -0.2) is 13.8 Å². The molecule has 10 rings (SSSR count). The minimum absolute atomic E-state index is 0.0576. The van der Waals surface area contributed by atoms with E-state index in [2.05, 4.69) is 80.7 Å². The molecule has 1 saturated heterocycles. The molecule has 0 aliphatic carbocycles. The zero-order valence-corrected chi connectivity index (χ0v) is 59.4. The molecule has 5 heterocycles. The Labute approximate surface area is 606 Å². The van der Waals surface area contributed by atoms with E-state index >= 15 is 23.6 Å². The second-order valence-corrected chi connectivity index (χ2v) is 28.5. The lowest BCUT2D eigenvalue weighted by molar-refractivity contribution is -0.146. The number of ether oxygens (including phenoxy) is 1. The van der Waals surface area contributed by atoms with Gasteiger partial charge in [0.25, 0.3) is 0 Å². The van der Waals surface area contributed by atoms with Crippen molar-refractivity contribution in [2.45, 2.75) is 144 Å². The summed E-state index contributed by atoms with van der Waals surface area (Å²) < 4.78 is 35.4. The number of nitrogens with one attached hydrogen (secondary N) is 11. The smallest absolute Gasteiger partial charge is 0.305 e. The predicted octanol–water partition coefficient (Wildman–Crippen LogP) is 5.17. The third kappa shape index (κ3) is 20.1. The fraction of sp³-hybridized carbons (Fsp3) is 0.392. The number of nitrogens with two attached hydrogens (primary N) is 1. The molecule has 0 saturated carbocycles. The molecule has 9 amide bonds. The number of benzene rings is 5. The summed E-state index contributed by atoms with van der Waals surface area (Å²) in [4.78, 5) is 160. The average Bonchev–Trinajstić information content (AvgIpc) is 1.60. The topological polar surface area (TPSA) is 386 Å². The van der Waals surface area contributed by atoms with Crippen LogP contribution < -0.4 is 53.0 Å². The molecule has 2 aliphatic heterocycles. The van der Waals surface area contributed by atoms with E-state index in [1.807, 2.05) is 18.2 Å². The minimum atomic E-state index is -2.01. The van der Waals surface area contributed by atoms with Crippen molar-refractivity contribution < 1.29 is 66.6 Å². The van der Waals surface area contributed by atoms with Gasteiger partial charge in [0.15, 0.2) is 0 Å². The second-order valence-electron chi connectivity index (χ2n) is 26.3. The number of nitrogens with zero attached hydrogens (tertiary/aromatic N) is 2. The Morgan fingerprint density at radius 3 is 1.79 bits per heavy atom. The molecule has 0 radical (unpaired) electrons. The van der Waals surface area contributed by atoms with E-state index in [1.165, 1.54) is 92.0 Å². The van der Waals surface area contributed by atoms with Crippen LogP contribution in [0.15, 0.2) is 122 Å².